The summed E-state index contributed by atoms with van der Waals surface area (Å²) < 4.78 is 44.3. The lowest BCUT2D eigenvalue weighted by Crippen LogP contribution is -2.33. The van der Waals surface area contributed by atoms with E-state index in [1.54, 1.807) is 6.07 Å². The highest BCUT2D eigenvalue weighted by molar-refractivity contribution is 6.34. The Balaban J connectivity index is 1.86. The van der Waals surface area contributed by atoms with E-state index in [1.807, 2.05) is 11.0 Å². The average molecular weight is 429 g/mol. The number of anilines is 1. The van der Waals surface area contributed by atoms with Gasteiger partial charge in [-0.05, 0) is 41.8 Å². The van der Waals surface area contributed by atoms with Gasteiger partial charge in [0.1, 0.15) is 5.75 Å². The third-order valence-corrected chi connectivity index (χ3v) is 5.28. The number of aliphatic hydroxyl groups excluding tert-OH is 1. The molecule has 0 bridgehead atoms. The maximum atomic E-state index is 13.2. The molecule has 2 aromatic carbocycles. The van der Waals surface area contributed by atoms with Crippen molar-refractivity contribution >= 4 is 23.2 Å². The molecule has 2 aromatic rings. The Morgan fingerprint density at radius 2 is 2.07 bits per heavy atom. The maximum Gasteiger partial charge on any atom is 0.419 e. The van der Waals surface area contributed by atoms with Crippen LogP contribution in [0.5, 0.6) is 5.75 Å². The molecule has 1 amide bonds. The molecular formula is C20H20ClF3N2O3. The number of hydrogen-bond donors (Lipinski definition) is 2. The molecule has 0 atom stereocenters. The Morgan fingerprint density at radius 3 is 2.72 bits per heavy atom. The van der Waals surface area contributed by atoms with Gasteiger partial charge in [0.2, 0.25) is 0 Å². The molecule has 0 unspecified atom stereocenters. The summed E-state index contributed by atoms with van der Waals surface area (Å²) in [6.07, 6.45) is -3.89. The first-order valence-electron chi connectivity index (χ1n) is 8.94. The van der Waals surface area contributed by atoms with Gasteiger partial charge in [0, 0.05) is 25.2 Å². The van der Waals surface area contributed by atoms with Crippen LogP contribution in [0.15, 0.2) is 30.3 Å². The molecule has 0 aromatic heterocycles. The van der Waals surface area contributed by atoms with Crippen molar-refractivity contribution in [1.29, 1.82) is 0 Å². The van der Waals surface area contributed by atoms with Crippen LogP contribution in [0.25, 0.3) is 0 Å². The van der Waals surface area contributed by atoms with Gasteiger partial charge in [0.05, 0.1) is 30.0 Å². The third-order valence-electron chi connectivity index (χ3n) is 4.85. The number of rotatable bonds is 5. The highest BCUT2D eigenvalue weighted by Crippen LogP contribution is 2.37. The number of amides is 1. The summed E-state index contributed by atoms with van der Waals surface area (Å²) in [5.74, 6) is -1.06. The summed E-state index contributed by atoms with van der Waals surface area (Å²) in [4.78, 5) is 14.6. The molecule has 29 heavy (non-hydrogen) atoms. The number of nitrogens with one attached hydrogen (secondary N) is 1. The fourth-order valence-electron chi connectivity index (χ4n) is 3.34. The fourth-order valence-corrected chi connectivity index (χ4v) is 3.63. The molecule has 0 aliphatic carbocycles. The molecule has 0 radical (unpaired) electrons. The van der Waals surface area contributed by atoms with Crippen molar-refractivity contribution in [2.24, 2.45) is 0 Å². The number of aliphatic hydroxyl groups is 1. The molecule has 0 saturated carbocycles. The summed E-state index contributed by atoms with van der Waals surface area (Å²) in [6.45, 7) is 1.86. The topological polar surface area (TPSA) is 61.8 Å². The average Bonchev–Trinajstić information content (AvgIpc) is 2.69. The number of β-amino-alcohol motifs (C(OH)–C–C–N with tert-alkyl or cyclic N) is 1. The normalized spacial score (nSPS) is 14.4. The summed E-state index contributed by atoms with van der Waals surface area (Å²) in [5, 5.41) is 12.1. The van der Waals surface area contributed by atoms with Gasteiger partial charge >= 0.3 is 6.18 Å². The maximum absolute atomic E-state index is 13.2. The van der Waals surface area contributed by atoms with Crippen molar-refractivity contribution in [1.82, 2.24) is 4.90 Å². The van der Waals surface area contributed by atoms with Gasteiger partial charge < -0.3 is 15.2 Å². The number of fused-ring (bicyclic) bond motifs is 1. The molecule has 1 aliphatic heterocycles. The van der Waals surface area contributed by atoms with E-state index in [4.69, 9.17) is 21.4 Å². The molecular weight excluding hydrogens is 409 g/mol. The van der Waals surface area contributed by atoms with E-state index in [0.29, 0.717) is 23.8 Å². The Bertz CT molecular complexity index is 919. The number of carbonyl (C=O) groups excluding carboxylic acids is 1. The first kappa shape index (κ1) is 21.4. The Labute approximate surface area is 171 Å². The highest BCUT2D eigenvalue weighted by atomic mass is 35.5. The lowest BCUT2D eigenvalue weighted by molar-refractivity contribution is -0.138. The Hall–Kier alpha value is -2.29. The number of methoxy groups -OCH3 is 1. The second-order valence-electron chi connectivity index (χ2n) is 6.68. The second-order valence-corrected chi connectivity index (χ2v) is 7.06. The van der Waals surface area contributed by atoms with Crippen molar-refractivity contribution in [3.63, 3.8) is 0 Å². The SMILES string of the molecule is COc1ccc(C(=O)Nc2ccc3c(c2Cl)CN(CCO)CC3)cc1C(F)(F)F. The predicted octanol–water partition coefficient (Wildman–Crippen LogP) is 3.97. The molecule has 0 spiro atoms. The van der Waals surface area contributed by atoms with Crippen LogP contribution in [0.4, 0.5) is 18.9 Å². The van der Waals surface area contributed by atoms with E-state index < -0.39 is 17.6 Å². The van der Waals surface area contributed by atoms with Crippen LogP contribution in [0.3, 0.4) is 0 Å². The third kappa shape index (κ3) is 4.66. The van der Waals surface area contributed by atoms with Gasteiger partial charge in [0.15, 0.2) is 0 Å². The zero-order valence-electron chi connectivity index (χ0n) is 15.6. The van der Waals surface area contributed by atoms with Crippen molar-refractivity contribution in [2.75, 3.05) is 32.1 Å². The number of ether oxygens (including phenoxy) is 1. The monoisotopic (exact) mass is 428 g/mol. The number of benzene rings is 2. The second kappa shape index (κ2) is 8.61. The van der Waals surface area contributed by atoms with Crippen molar-refractivity contribution in [3.05, 3.63) is 57.6 Å². The van der Waals surface area contributed by atoms with E-state index in [1.165, 1.54) is 6.07 Å². The smallest absolute Gasteiger partial charge is 0.419 e. The van der Waals surface area contributed by atoms with Crippen molar-refractivity contribution in [2.45, 2.75) is 19.1 Å². The van der Waals surface area contributed by atoms with Crippen LogP contribution >= 0.6 is 11.6 Å². The molecule has 0 fully saturated rings. The van der Waals surface area contributed by atoms with Gasteiger partial charge in [-0.1, -0.05) is 17.7 Å². The first-order valence-corrected chi connectivity index (χ1v) is 9.32. The number of hydrogen-bond acceptors (Lipinski definition) is 4. The molecule has 156 valence electrons. The lowest BCUT2D eigenvalue weighted by atomic mass is 9.98. The Morgan fingerprint density at radius 1 is 1.31 bits per heavy atom. The van der Waals surface area contributed by atoms with E-state index in [2.05, 4.69) is 5.32 Å². The standard InChI is InChI=1S/C20H20ClF3N2O3/c1-29-17-5-3-13(10-15(17)20(22,23)24)19(28)25-16-4-2-12-6-7-26(8-9-27)11-14(12)18(16)21/h2-5,10,27H,6-9,11H2,1H3,(H,25,28). The highest BCUT2D eigenvalue weighted by Gasteiger charge is 2.35. The fraction of sp³-hybridized carbons (Fsp3) is 0.350. The Kier molecular flexibility index (Phi) is 6.36. The quantitative estimate of drug-likeness (QED) is 0.756. The molecule has 0 saturated heterocycles. The lowest BCUT2D eigenvalue weighted by Gasteiger charge is -2.29. The summed E-state index contributed by atoms with van der Waals surface area (Å²) in [6, 6.07) is 6.62. The van der Waals surface area contributed by atoms with Crippen LogP contribution in [-0.2, 0) is 19.1 Å². The van der Waals surface area contributed by atoms with Crippen molar-refractivity contribution in [3.8, 4) is 5.75 Å². The minimum atomic E-state index is -4.65. The minimum Gasteiger partial charge on any atom is -0.496 e. The summed E-state index contributed by atoms with van der Waals surface area (Å²) in [5.41, 5.74) is 1.03. The zero-order valence-corrected chi connectivity index (χ0v) is 16.4. The van der Waals surface area contributed by atoms with Crippen LogP contribution in [0.1, 0.15) is 27.0 Å². The number of carbonyl (C=O) groups is 1. The van der Waals surface area contributed by atoms with Gasteiger partial charge in [-0.2, -0.15) is 13.2 Å². The van der Waals surface area contributed by atoms with Crippen LogP contribution < -0.4 is 10.1 Å². The van der Waals surface area contributed by atoms with Gasteiger partial charge in [-0.3, -0.25) is 9.69 Å². The van der Waals surface area contributed by atoms with Gasteiger partial charge in [-0.15, -0.1) is 0 Å². The first-order chi connectivity index (χ1) is 13.7. The molecule has 2 N–H and O–H groups in total. The van der Waals surface area contributed by atoms with Gasteiger partial charge in [-0.25, -0.2) is 0 Å². The van der Waals surface area contributed by atoms with Crippen LogP contribution in [-0.4, -0.2) is 42.7 Å². The minimum absolute atomic E-state index is 0.0301. The molecule has 1 aliphatic rings. The zero-order chi connectivity index (χ0) is 21.2. The summed E-state index contributed by atoms with van der Waals surface area (Å²) in [7, 11) is 1.14. The van der Waals surface area contributed by atoms with E-state index in [9.17, 15) is 18.0 Å². The largest absolute Gasteiger partial charge is 0.496 e. The summed E-state index contributed by atoms with van der Waals surface area (Å²) >= 11 is 6.47. The predicted molar refractivity (Wildman–Crippen MR) is 103 cm³/mol. The molecule has 5 nitrogen and oxygen atoms in total. The van der Waals surface area contributed by atoms with Crippen LogP contribution in [0, 0.1) is 0 Å². The van der Waals surface area contributed by atoms with Crippen LogP contribution in [0.2, 0.25) is 5.02 Å². The van der Waals surface area contributed by atoms with E-state index >= 15 is 0 Å². The van der Waals surface area contributed by atoms with E-state index in [0.717, 1.165) is 43.3 Å². The van der Waals surface area contributed by atoms with Crippen molar-refractivity contribution < 1.29 is 27.8 Å². The molecule has 9 heteroatoms. The van der Waals surface area contributed by atoms with Gasteiger partial charge in [0.25, 0.3) is 5.91 Å². The molecule has 3 rings (SSSR count). The molecule has 1 heterocycles. The number of halogens is 4. The van der Waals surface area contributed by atoms with E-state index in [-0.39, 0.29) is 17.9 Å². The number of alkyl halides is 3. The number of nitrogens with zero attached hydrogens (tertiary/aromatic N) is 1.